The molecule has 1 saturated heterocycles. The van der Waals surface area contributed by atoms with Crippen LogP contribution in [0.15, 0.2) is 18.2 Å². The third kappa shape index (κ3) is 1.73. The maximum Gasteiger partial charge on any atom is 0.0900 e. The molecule has 0 spiro atoms. The Hall–Kier alpha value is -1.35. The summed E-state index contributed by atoms with van der Waals surface area (Å²) in [5, 5.41) is 6.22. The average molecular weight is 283 g/mol. The summed E-state index contributed by atoms with van der Waals surface area (Å²) in [5.41, 5.74) is 4.40. The Morgan fingerprint density at radius 1 is 1.33 bits per heavy atom. The van der Waals surface area contributed by atoms with E-state index in [0.29, 0.717) is 5.41 Å². The zero-order chi connectivity index (χ0) is 15.0. The van der Waals surface area contributed by atoms with Crippen LogP contribution in [-0.2, 0) is 12.6 Å². The number of aryl methyl sites for hydroxylation is 2. The van der Waals surface area contributed by atoms with Crippen LogP contribution < -0.4 is 0 Å². The number of para-hydroxylation sites is 1. The number of piperidine rings is 1. The van der Waals surface area contributed by atoms with Gasteiger partial charge in [-0.05, 0) is 44.1 Å². The van der Waals surface area contributed by atoms with Crippen LogP contribution in [0.1, 0.15) is 38.4 Å². The van der Waals surface area contributed by atoms with E-state index in [1.54, 1.807) is 0 Å². The summed E-state index contributed by atoms with van der Waals surface area (Å²) in [6.45, 7) is 11.7. The Bertz CT molecular complexity index is 727. The molecule has 3 heteroatoms. The van der Waals surface area contributed by atoms with E-state index in [1.165, 1.54) is 41.7 Å². The Morgan fingerprint density at radius 3 is 2.76 bits per heavy atom. The molecule has 2 unspecified atom stereocenters. The molecule has 2 fully saturated rings. The molecule has 1 aromatic heterocycles. The van der Waals surface area contributed by atoms with Crippen molar-refractivity contribution in [2.75, 3.05) is 13.1 Å². The average Bonchev–Trinajstić information content (AvgIpc) is 2.77. The van der Waals surface area contributed by atoms with E-state index in [4.69, 9.17) is 5.10 Å². The Kier molecular flexibility index (Phi) is 2.47. The number of benzene rings is 1. The highest BCUT2D eigenvalue weighted by molar-refractivity contribution is 5.85. The predicted molar refractivity (Wildman–Crippen MR) is 86.3 cm³/mol. The largest absolute Gasteiger partial charge is 0.292 e. The van der Waals surface area contributed by atoms with E-state index >= 15 is 0 Å². The first-order valence-electron chi connectivity index (χ1n) is 8.01. The maximum absolute atomic E-state index is 4.90. The van der Waals surface area contributed by atoms with Crippen molar-refractivity contribution in [1.29, 1.82) is 0 Å². The first-order chi connectivity index (χ1) is 9.83. The van der Waals surface area contributed by atoms with Gasteiger partial charge in [0.25, 0.3) is 0 Å². The molecule has 0 N–H and O–H groups in total. The molecule has 1 saturated carbocycles. The molecular formula is C18H25N3. The minimum absolute atomic E-state index is 0.00370. The first kappa shape index (κ1) is 13.3. The molecule has 1 aliphatic carbocycles. The SMILES string of the molecule is Cc1cccc2c(C(C)(C)N3CC4CC4(C)C3)nn(C)c12. The van der Waals surface area contributed by atoms with Crippen molar-refractivity contribution in [1.82, 2.24) is 14.7 Å². The van der Waals surface area contributed by atoms with Crippen LogP contribution in [-0.4, -0.2) is 27.8 Å². The van der Waals surface area contributed by atoms with Gasteiger partial charge < -0.3 is 0 Å². The smallest absolute Gasteiger partial charge is 0.0900 e. The lowest BCUT2D eigenvalue weighted by Gasteiger charge is -2.36. The monoisotopic (exact) mass is 283 g/mol. The van der Waals surface area contributed by atoms with Crippen molar-refractivity contribution in [3.8, 4) is 0 Å². The van der Waals surface area contributed by atoms with Gasteiger partial charge in [-0.3, -0.25) is 9.58 Å². The number of hydrogen-bond donors (Lipinski definition) is 0. The zero-order valence-electron chi connectivity index (χ0n) is 13.8. The molecule has 1 aliphatic heterocycles. The van der Waals surface area contributed by atoms with Gasteiger partial charge >= 0.3 is 0 Å². The van der Waals surface area contributed by atoms with Crippen LogP contribution in [0.3, 0.4) is 0 Å². The fraction of sp³-hybridized carbons (Fsp3) is 0.611. The molecule has 0 amide bonds. The van der Waals surface area contributed by atoms with Gasteiger partial charge in [0.15, 0.2) is 0 Å². The molecule has 0 bridgehead atoms. The molecule has 21 heavy (non-hydrogen) atoms. The molecule has 1 aromatic carbocycles. The Balaban J connectivity index is 1.81. The van der Waals surface area contributed by atoms with Crippen molar-refractivity contribution >= 4 is 10.9 Å². The number of nitrogens with zero attached hydrogens (tertiary/aromatic N) is 3. The van der Waals surface area contributed by atoms with Crippen LogP contribution in [0.2, 0.25) is 0 Å². The zero-order valence-corrected chi connectivity index (χ0v) is 13.8. The summed E-state index contributed by atoms with van der Waals surface area (Å²) in [4.78, 5) is 2.64. The molecule has 0 radical (unpaired) electrons. The van der Waals surface area contributed by atoms with E-state index in [-0.39, 0.29) is 5.54 Å². The Labute approximate surface area is 126 Å². The highest BCUT2D eigenvalue weighted by atomic mass is 15.3. The highest BCUT2D eigenvalue weighted by Crippen LogP contribution is 2.59. The fourth-order valence-electron chi connectivity index (χ4n) is 4.31. The van der Waals surface area contributed by atoms with E-state index in [0.717, 1.165) is 5.92 Å². The summed E-state index contributed by atoms with van der Waals surface area (Å²) in [6, 6.07) is 6.56. The van der Waals surface area contributed by atoms with Crippen molar-refractivity contribution < 1.29 is 0 Å². The lowest BCUT2D eigenvalue weighted by Crippen LogP contribution is -2.42. The van der Waals surface area contributed by atoms with E-state index in [9.17, 15) is 0 Å². The third-order valence-electron chi connectivity index (χ3n) is 5.97. The molecule has 4 rings (SSSR count). The van der Waals surface area contributed by atoms with E-state index < -0.39 is 0 Å². The molecule has 112 valence electrons. The van der Waals surface area contributed by atoms with Gasteiger partial charge in [-0.25, -0.2) is 0 Å². The van der Waals surface area contributed by atoms with Gasteiger partial charge in [-0.1, -0.05) is 25.1 Å². The second-order valence-electron chi connectivity index (χ2n) is 7.94. The van der Waals surface area contributed by atoms with E-state index in [2.05, 4.69) is 62.5 Å². The van der Waals surface area contributed by atoms with Gasteiger partial charge in [0, 0.05) is 25.5 Å². The number of hydrogen-bond acceptors (Lipinski definition) is 2. The number of rotatable bonds is 2. The summed E-state index contributed by atoms with van der Waals surface area (Å²) >= 11 is 0. The fourth-order valence-corrected chi connectivity index (χ4v) is 4.31. The third-order valence-corrected chi connectivity index (χ3v) is 5.97. The van der Waals surface area contributed by atoms with Crippen LogP contribution in [0.4, 0.5) is 0 Å². The molecule has 2 heterocycles. The first-order valence-corrected chi connectivity index (χ1v) is 8.01. The molecule has 2 atom stereocenters. The maximum atomic E-state index is 4.90. The quantitative estimate of drug-likeness (QED) is 0.841. The van der Waals surface area contributed by atoms with Crippen molar-refractivity contribution in [3.63, 3.8) is 0 Å². The predicted octanol–water partition coefficient (Wildman–Crippen LogP) is 3.46. The van der Waals surface area contributed by atoms with Crippen LogP contribution in [0, 0.1) is 18.3 Å². The molecule has 2 aromatic rings. The number of likely N-dealkylation sites (tertiary alicyclic amines) is 1. The van der Waals surface area contributed by atoms with Crippen molar-refractivity contribution in [2.45, 2.75) is 39.7 Å². The normalized spacial score (nSPS) is 29.1. The summed E-state index contributed by atoms with van der Waals surface area (Å²) < 4.78 is 2.06. The lowest BCUT2D eigenvalue weighted by molar-refractivity contribution is 0.125. The summed E-state index contributed by atoms with van der Waals surface area (Å²) in [7, 11) is 2.07. The van der Waals surface area contributed by atoms with Crippen LogP contribution in [0.5, 0.6) is 0 Å². The lowest BCUT2D eigenvalue weighted by atomic mass is 9.94. The Morgan fingerprint density at radius 2 is 2.10 bits per heavy atom. The second kappa shape index (κ2) is 3.89. The minimum Gasteiger partial charge on any atom is -0.292 e. The summed E-state index contributed by atoms with van der Waals surface area (Å²) in [5.74, 6) is 0.911. The molecule has 3 nitrogen and oxygen atoms in total. The van der Waals surface area contributed by atoms with Crippen LogP contribution in [0.25, 0.3) is 10.9 Å². The topological polar surface area (TPSA) is 21.1 Å². The van der Waals surface area contributed by atoms with Gasteiger partial charge in [0.1, 0.15) is 0 Å². The standard InChI is InChI=1S/C18H25N3/c1-12-7-6-8-14-15(12)20(5)19-16(14)17(2,3)21-10-13-9-18(13,4)11-21/h6-8,13H,9-11H2,1-5H3. The van der Waals surface area contributed by atoms with Crippen molar-refractivity contribution in [2.24, 2.45) is 18.4 Å². The van der Waals surface area contributed by atoms with Gasteiger partial charge in [0.2, 0.25) is 0 Å². The van der Waals surface area contributed by atoms with Crippen molar-refractivity contribution in [3.05, 3.63) is 29.5 Å². The van der Waals surface area contributed by atoms with Crippen LogP contribution >= 0.6 is 0 Å². The number of fused-ring (bicyclic) bond motifs is 2. The molecular weight excluding hydrogens is 258 g/mol. The minimum atomic E-state index is 0.00370. The number of aromatic nitrogens is 2. The van der Waals surface area contributed by atoms with E-state index in [1.807, 2.05) is 0 Å². The highest BCUT2D eigenvalue weighted by Gasteiger charge is 2.58. The summed E-state index contributed by atoms with van der Waals surface area (Å²) in [6.07, 6.45) is 1.42. The van der Waals surface area contributed by atoms with Gasteiger partial charge in [0.05, 0.1) is 16.7 Å². The second-order valence-corrected chi connectivity index (χ2v) is 7.94. The molecule has 2 aliphatic rings. The van der Waals surface area contributed by atoms with Gasteiger partial charge in [-0.15, -0.1) is 0 Å². The van der Waals surface area contributed by atoms with Gasteiger partial charge in [-0.2, -0.15) is 5.10 Å².